The molecule has 0 bridgehead atoms. The second kappa shape index (κ2) is 6.45. The lowest BCUT2D eigenvalue weighted by Gasteiger charge is -2.14. The minimum absolute atomic E-state index is 0.0110. The molecule has 108 valence electrons. The second-order valence-corrected chi connectivity index (χ2v) is 6.53. The molecule has 0 atom stereocenters. The third-order valence-corrected chi connectivity index (χ3v) is 4.15. The molecule has 7 heteroatoms. The number of halogens is 1. The lowest BCUT2D eigenvalue weighted by molar-refractivity contribution is 0.392. The van der Waals surface area contributed by atoms with Crippen molar-refractivity contribution in [2.45, 2.75) is 18.7 Å². The van der Waals surface area contributed by atoms with Crippen LogP contribution in [0.2, 0.25) is 5.02 Å². The van der Waals surface area contributed by atoms with E-state index < -0.39 is 10.0 Å². The molecule has 0 radical (unpaired) electrons. The van der Waals surface area contributed by atoms with Crippen LogP contribution in [-0.2, 0) is 10.0 Å². The Balaban J connectivity index is 3.24. The molecule has 5 nitrogen and oxygen atoms in total. The molecule has 0 aliphatic heterocycles. The quantitative estimate of drug-likeness (QED) is 0.876. The summed E-state index contributed by atoms with van der Waals surface area (Å²) in [7, 11) is -0.850. The number of hydrogen-bond donors (Lipinski definition) is 1. The topological polar surface area (TPSA) is 64.6 Å². The molecule has 19 heavy (non-hydrogen) atoms. The van der Waals surface area contributed by atoms with Gasteiger partial charge in [-0.3, -0.25) is 0 Å². The molecule has 0 aliphatic carbocycles. The van der Waals surface area contributed by atoms with Crippen molar-refractivity contribution in [1.29, 1.82) is 0 Å². The Hall–Kier alpha value is -0.980. The molecule has 0 fully saturated rings. The van der Waals surface area contributed by atoms with Crippen LogP contribution in [0.3, 0.4) is 0 Å². The van der Waals surface area contributed by atoms with Gasteiger partial charge in [0, 0.05) is 18.7 Å². The highest BCUT2D eigenvalue weighted by atomic mass is 35.5. The van der Waals surface area contributed by atoms with Crippen LogP contribution >= 0.6 is 11.6 Å². The average molecular weight is 308 g/mol. The number of methoxy groups -OCH3 is 2. The Morgan fingerprint density at radius 1 is 1.21 bits per heavy atom. The highest BCUT2D eigenvalue weighted by molar-refractivity contribution is 7.89. The van der Waals surface area contributed by atoms with Crippen molar-refractivity contribution in [1.82, 2.24) is 4.72 Å². The molecule has 0 aliphatic rings. The smallest absolute Gasteiger partial charge is 0.244 e. The van der Waals surface area contributed by atoms with E-state index in [1.54, 1.807) is 0 Å². The minimum atomic E-state index is -3.66. The molecule has 0 heterocycles. The largest absolute Gasteiger partial charge is 0.495 e. The van der Waals surface area contributed by atoms with Gasteiger partial charge in [-0.25, -0.2) is 13.1 Å². The number of nitrogens with one attached hydrogen (secondary N) is 1. The first-order chi connectivity index (χ1) is 8.81. The van der Waals surface area contributed by atoms with Crippen LogP contribution in [-0.4, -0.2) is 29.2 Å². The summed E-state index contributed by atoms with van der Waals surface area (Å²) in [4.78, 5) is 0.0110. The van der Waals surface area contributed by atoms with E-state index >= 15 is 0 Å². The van der Waals surface area contributed by atoms with Crippen LogP contribution < -0.4 is 14.2 Å². The highest BCUT2D eigenvalue weighted by Gasteiger charge is 2.22. The Kier molecular flexibility index (Phi) is 5.46. The van der Waals surface area contributed by atoms with Crippen molar-refractivity contribution in [2.24, 2.45) is 5.92 Å². The monoisotopic (exact) mass is 307 g/mol. The molecular formula is C12H18ClNO4S. The van der Waals surface area contributed by atoms with Gasteiger partial charge >= 0.3 is 0 Å². The normalized spacial score (nSPS) is 11.7. The summed E-state index contributed by atoms with van der Waals surface area (Å²) in [6.45, 7) is 4.18. The predicted molar refractivity (Wildman–Crippen MR) is 74.6 cm³/mol. The van der Waals surface area contributed by atoms with Crippen LogP contribution in [0, 0.1) is 5.92 Å². The summed E-state index contributed by atoms with van der Waals surface area (Å²) < 4.78 is 37.0. The van der Waals surface area contributed by atoms with Crippen molar-refractivity contribution < 1.29 is 17.9 Å². The molecular weight excluding hydrogens is 290 g/mol. The van der Waals surface area contributed by atoms with Crippen LogP contribution in [0.5, 0.6) is 11.5 Å². The van der Waals surface area contributed by atoms with Crippen molar-refractivity contribution in [3.8, 4) is 11.5 Å². The number of ether oxygens (including phenoxy) is 2. The van der Waals surface area contributed by atoms with Crippen LogP contribution in [0.4, 0.5) is 0 Å². The molecule has 1 rings (SSSR count). The zero-order valence-corrected chi connectivity index (χ0v) is 12.9. The lowest BCUT2D eigenvalue weighted by atomic mass is 10.2. The highest BCUT2D eigenvalue weighted by Crippen LogP contribution is 2.34. The summed E-state index contributed by atoms with van der Waals surface area (Å²) in [6, 6.07) is 2.77. The fraction of sp³-hybridized carbons (Fsp3) is 0.500. The maximum absolute atomic E-state index is 12.2. The Bertz CT molecular complexity index is 543. The van der Waals surface area contributed by atoms with E-state index in [1.807, 2.05) is 13.8 Å². The van der Waals surface area contributed by atoms with Crippen LogP contribution in [0.25, 0.3) is 0 Å². The molecule has 1 aromatic carbocycles. The number of sulfonamides is 1. The zero-order valence-electron chi connectivity index (χ0n) is 11.4. The molecule has 1 aromatic rings. The van der Waals surface area contributed by atoms with Gasteiger partial charge in [0.15, 0.2) is 0 Å². The fourth-order valence-corrected chi connectivity index (χ4v) is 3.00. The zero-order chi connectivity index (χ0) is 14.6. The van der Waals surface area contributed by atoms with Crippen LogP contribution in [0.15, 0.2) is 17.0 Å². The van der Waals surface area contributed by atoms with E-state index in [9.17, 15) is 8.42 Å². The SMILES string of the molecule is COc1cc(S(=O)(=O)NCC(C)C)c(OC)cc1Cl. The van der Waals surface area contributed by atoms with E-state index in [1.165, 1.54) is 26.4 Å². The van der Waals surface area contributed by atoms with Crippen molar-refractivity contribution in [3.05, 3.63) is 17.2 Å². The van der Waals surface area contributed by atoms with E-state index in [4.69, 9.17) is 21.1 Å². The number of rotatable bonds is 6. The second-order valence-electron chi connectivity index (χ2n) is 4.38. The first-order valence-corrected chi connectivity index (χ1v) is 7.59. The number of benzene rings is 1. The van der Waals surface area contributed by atoms with Crippen LogP contribution in [0.1, 0.15) is 13.8 Å². The molecule has 0 saturated carbocycles. The molecule has 0 unspecified atom stereocenters. The van der Waals surface area contributed by atoms with Gasteiger partial charge in [0.2, 0.25) is 10.0 Å². The van der Waals surface area contributed by atoms with Crippen molar-refractivity contribution in [2.75, 3.05) is 20.8 Å². The van der Waals surface area contributed by atoms with Gasteiger partial charge in [0.25, 0.3) is 0 Å². The van der Waals surface area contributed by atoms with E-state index in [0.717, 1.165) is 0 Å². The third kappa shape index (κ3) is 3.99. The minimum Gasteiger partial charge on any atom is -0.495 e. The molecule has 0 spiro atoms. The van der Waals surface area contributed by atoms with Gasteiger partial charge < -0.3 is 9.47 Å². The summed E-state index contributed by atoms with van der Waals surface area (Å²) in [5, 5.41) is 0.294. The van der Waals surface area contributed by atoms with Gasteiger partial charge in [-0.15, -0.1) is 0 Å². The van der Waals surface area contributed by atoms with Gasteiger partial charge in [0.1, 0.15) is 16.4 Å². The number of hydrogen-bond acceptors (Lipinski definition) is 4. The summed E-state index contributed by atoms with van der Waals surface area (Å²) in [6.07, 6.45) is 0. The Morgan fingerprint density at radius 2 is 1.79 bits per heavy atom. The summed E-state index contributed by atoms with van der Waals surface area (Å²) >= 11 is 5.94. The summed E-state index contributed by atoms with van der Waals surface area (Å²) in [5.74, 6) is 0.671. The Labute approximate surface area is 118 Å². The molecule has 0 saturated heterocycles. The lowest BCUT2D eigenvalue weighted by Crippen LogP contribution is -2.28. The standard InChI is InChI=1S/C12H18ClNO4S/c1-8(2)7-14-19(15,16)12-6-10(17-3)9(13)5-11(12)18-4/h5-6,8,14H,7H2,1-4H3. The average Bonchev–Trinajstić information content (AvgIpc) is 2.35. The maximum atomic E-state index is 12.2. The molecule has 0 amide bonds. The van der Waals surface area contributed by atoms with Gasteiger partial charge in [-0.05, 0) is 5.92 Å². The first-order valence-electron chi connectivity index (χ1n) is 5.73. The van der Waals surface area contributed by atoms with E-state index in [2.05, 4.69) is 4.72 Å². The van der Waals surface area contributed by atoms with Crippen molar-refractivity contribution >= 4 is 21.6 Å². The Morgan fingerprint density at radius 3 is 2.26 bits per heavy atom. The summed E-state index contributed by atoms with van der Waals surface area (Å²) in [5.41, 5.74) is 0. The first kappa shape index (κ1) is 16.1. The van der Waals surface area contributed by atoms with Gasteiger partial charge in [-0.1, -0.05) is 25.4 Å². The molecule has 1 N–H and O–H groups in total. The molecule has 0 aromatic heterocycles. The fourth-order valence-electron chi connectivity index (χ4n) is 1.40. The predicted octanol–water partition coefficient (Wildman–Crippen LogP) is 2.29. The maximum Gasteiger partial charge on any atom is 0.244 e. The van der Waals surface area contributed by atoms with E-state index in [-0.39, 0.29) is 22.3 Å². The third-order valence-electron chi connectivity index (χ3n) is 2.41. The van der Waals surface area contributed by atoms with Gasteiger partial charge in [-0.2, -0.15) is 0 Å². The van der Waals surface area contributed by atoms with E-state index in [0.29, 0.717) is 11.6 Å². The van der Waals surface area contributed by atoms with Crippen molar-refractivity contribution in [3.63, 3.8) is 0 Å². The van der Waals surface area contributed by atoms with Gasteiger partial charge in [0.05, 0.1) is 19.2 Å².